The van der Waals surface area contributed by atoms with Crippen molar-refractivity contribution < 1.29 is 18.0 Å². The van der Waals surface area contributed by atoms with E-state index in [0.29, 0.717) is 13.0 Å². The van der Waals surface area contributed by atoms with E-state index in [9.17, 15) is 18.0 Å². The molecule has 4 nitrogen and oxygen atoms in total. The summed E-state index contributed by atoms with van der Waals surface area (Å²) in [4.78, 5) is 12.7. The fraction of sp³-hybridized carbons (Fsp3) is 0.778. The summed E-state index contributed by atoms with van der Waals surface area (Å²) in [6, 6.07) is 1.67. The first kappa shape index (κ1) is 12.8. The molecule has 0 aromatic rings. The molecule has 1 atom stereocenters. The highest BCUT2D eigenvalue weighted by Crippen LogP contribution is 2.16. The molecule has 1 unspecified atom stereocenters. The lowest BCUT2D eigenvalue weighted by atomic mass is 10.2. The Bertz CT molecular complexity index is 297. The predicted molar refractivity (Wildman–Crippen MR) is 49.3 cm³/mol. The summed E-state index contributed by atoms with van der Waals surface area (Å²) >= 11 is 0. The molecule has 0 saturated carbocycles. The first-order chi connectivity index (χ1) is 7.42. The summed E-state index contributed by atoms with van der Waals surface area (Å²) < 4.78 is 35.4. The second-order valence-corrected chi connectivity index (χ2v) is 3.65. The molecule has 0 spiro atoms. The molecule has 0 radical (unpaired) electrons. The van der Waals surface area contributed by atoms with Crippen LogP contribution in [0.3, 0.4) is 0 Å². The summed E-state index contributed by atoms with van der Waals surface area (Å²) in [5, 5.41) is 10.5. The molecule has 1 rings (SSSR count). The number of carbonyl (C=O) groups excluding carboxylic acids is 1. The molecule has 0 bridgehead atoms. The molecular weight excluding hydrogens is 223 g/mol. The average molecular weight is 235 g/mol. The third kappa shape index (κ3) is 4.06. The minimum Gasteiger partial charge on any atom is -0.346 e. The second-order valence-electron chi connectivity index (χ2n) is 3.65. The van der Waals surface area contributed by atoms with E-state index in [2.05, 4.69) is 0 Å². The third-order valence-electron chi connectivity index (χ3n) is 2.35. The molecule has 1 aliphatic rings. The lowest BCUT2D eigenvalue weighted by Crippen LogP contribution is -2.42. The van der Waals surface area contributed by atoms with E-state index in [1.54, 1.807) is 10.2 Å². The Kier molecular flexibility index (Phi) is 4.12. The molecular formula is C9H12F3N3O. The van der Waals surface area contributed by atoms with Gasteiger partial charge in [-0.1, -0.05) is 0 Å². The molecule has 90 valence electrons. The summed E-state index contributed by atoms with van der Waals surface area (Å²) in [5.74, 6) is -0.695. The van der Waals surface area contributed by atoms with Gasteiger partial charge < -0.3 is 5.32 Å². The van der Waals surface area contributed by atoms with Crippen molar-refractivity contribution in [3.05, 3.63) is 0 Å². The Morgan fingerprint density at radius 3 is 2.81 bits per heavy atom. The Balaban J connectivity index is 2.32. The number of rotatable bonds is 3. The van der Waals surface area contributed by atoms with E-state index < -0.39 is 18.6 Å². The van der Waals surface area contributed by atoms with E-state index in [1.807, 2.05) is 6.07 Å². The Morgan fingerprint density at radius 2 is 2.25 bits per heavy atom. The van der Waals surface area contributed by atoms with Gasteiger partial charge in [0.25, 0.3) is 0 Å². The maximum Gasteiger partial charge on any atom is 0.405 e. The third-order valence-corrected chi connectivity index (χ3v) is 2.35. The van der Waals surface area contributed by atoms with Gasteiger partial charge in [0.2, 0.25) is 5.91 Å². The Hall–Kier alpha value is -1.29. The van der Waals surface area contributed by atoms with E-state index in [1.165, 1.54) is 0 Å². The van der Waals surface area contributed by atoms with E-state index in [0.717, 1.165) is 6.42 Å². The monoisotopic (exact) mass is 235 g/mol. The van der Waals surface area contributed by atoms with Crippen molar-refractivity contribution in [3.8, 4) is 6.07 Å². The van der Waals surface area contributed by atoms with Gasteiger partial charge in [0, 0.05) is 6.54 Å². The van der Waals surface area contributed by atoms with Crippen molar-refractivity contribution >= 4 is 5.91 Å². The largest absolute Gasteiger partial charge is 0.405 e. The maximum atomic E-state index is 11.8. The standard InChI is InChI=1S/C9H12F3N3O/c10-9(11,12)6-14-8(16)5-15-3-1-2-7(15)4-13/h7H,1-3,5-6H2,(H,14,16). The van der Waals surface area contributed by atoms with Crippen LogP contribution in [0.5, 0.6) is 0 Å². The topological polar surface area (TPSA) is 56.1 Å². The SMILES string of the molecule is N#CC1CCCN1CC(=O)NCC(F)(F)F. The van der Waals surface area contributed by atoms with Gasteiger partial charge in [0.1, 0.15) is 6.54 Å². The number of nitrogens with one attached hydrogen (secondary N) is 1. The average Bonchev–Trinajstić information content (AvgIpc) is 2.61. The molecule has 0 aliphatic carbocycles. The highest BCUT2D eigenvalue weighted by Gasteiger charge is 2.29. The van der Waals surface area contributed by atoms with Crippen molar-refractivity contribution in [3.63, 3.8) is 0 Å². The summed E-state index contributed by atoms with van der Waals surface area (Å²) in [5.41, 5.74) is 0. The zero-order valence-corrected chi connectivity index (χ0v) is 8.55. The Labute approximate surface area is 91.0 Å². The highest BCUT2D eigenvalue weighted by molar-refractivity contribution is 5.78. The van der Waals surface area contributed by atoms with Crippen LogP contribution in [0.25, 0.3) is 0 Å². The molecule has 7 heteroatoms. The fourth-order valence-corrected chi connectivity index (χ4v) is 1.60. The lowest BCUT2D eigenvalue weighted by Gasteiger charge is -2.18. The van der Waals surface area contributed by atoms with Gasteiger partial charge in [-0.2, -0.15) is 18.4 Å². The number of hydrogen-bond acceptors (Lipinski definition) is 3. The van der Waals surface area contributed by atoms with Crippen LogP contribution in [0.15, 0.2) is 0 Å². The van der Waals surface area contributed by atoms with Crippen LogP contribution >= 0.6 is 0 Å². The number of amides is 1. The molecule has 1 aliphatic heterocycles. The maximum absolute atomic E-state index is 11.8. The van der Waals surface area contributed by atoms with Crippen LogP contribution in [-0.4, -0.2) is 42.7 Å². The first-order valence-corrected chi connectivity index (χ1v) is 4.89. The van der Waals surface area contributed by atoms with Crippen LogP contribution in [0, 0.1) is 11.3 Å². The highest BCUT2D eigenvalue weighted by atomic mass is 19.4. The van der Waals surface area contributed by atoms with Gasteiger partial charge in [-0.15, -0.1) is 0 Å². The zero-order valence-electron chi connectivity index (χ0n) is 8.55. The van der Waals surface area contributed by atoms with Crippen LogP contribution in [0.2, 0.25) is 0 Å². The van der Waals surface area contributed by atoms with Gasteiger partial charge in [0.15, 0.2) is 0 Å². The fourth-order valence-electron chi connectivity index (χ4n) is 1.60. The van der Waals surface area contributed by atoms with Gasteiger partial charge >= 0.3 is 6.18 Å². The normalized spacial score (nSPS) is 21.8. The van der Waals surface area contributed by atoms with Crippen LogP contribution in [0.4, 0.5) is 13.2 Å². The minimum absolute atomic E-state index is 0.145. The Morgan fingerprint density at radius 1 is 1.56 bits per heavy atom. The van der Waals surface area contributed by atoms with Gasteiger partial charge in [0.05, 0.1) is 18.7 Å². The van der Waals surface area contributed by atoms with Gasteiger partial charge in [-0.05, 0) is 12.8 Å². The van der Waals surface area contributed by atoms with Gasteiger partial charge in [-0.25, -0.2) is 0 Å². The molecule has 1 saturated heterocycles. The van der Waals surface area contributed by atoms with Gasteiger partial charge in [-0.3, -0.25) is 9.69 Å². The van der Waals surface area contributed by atoms with Crippen LogP contribution in [-0.2, 0) is 4.79 Å². The number of halogens is 3. The molecule has 1 heterocycles. The number of likely N-dealkylation sites (tertiary alicyclic amines) is 1. The number of hydrogen-bond donors (Lipinski definition) is 1. The second kappa shape index (κ2) is 5.16. The number of carbonyl (C=O) groups is 1. The van der Waals surface area contributed by atoms with Crippen molar-refractivity contribution in [2.45, 2.75) is 25.1 Å². The van der Waals surface area contributed by atoms with E-state index in [4.69, 9.17) is 5.26 Å². The van der Waals surface area contributed by atoms with E-state index in [-0.39, 0.29) is 12.6 Å². The number of nitriles is 1. The quantitative estimate of drug-likeness (QED) is 0.781. The molecule has 1 fully saturated rings. The van der Waals surface area contributed by atoms with Crippen molar-refractivity contribution in [1.82, 2.24) is 10.2 Å². The molecule has 1 amide bonds. The predicted octanol–water partition coefficient (Wildman–Crippen LogP) is 0.653. The number of alkyl halides is 3. The van der Waals surface area contributed by atoms with Crippen molar-refractivity contribution in [2.75, 3.05) is 19.6 Å². The summed E-state index contributed by atoms with van der Waals surface area (Å²) in [6.07, 6.45) is -2.93. The smallest absolute Gasteiger partial charge is 0.346 e. The molecule has 16 heavy (non-hydrogen) atoms. The lowest BCUT2D eigenvalue weighted by molar-refractivity contribution is -0.139. The molecule has 1 N–H and O–H groups in total. The van der Waals surface area contributed by atoms with Crippen molar-refractivity contribution in [2.24, 2.45) is 0 Å². The van der Waals surface area contributed by atoms with Crippen LogP contribution < -0.4 is 5.32 Å². The first-order valence-electron chi connectivity index (χ1n) is 4.89. The molecule has 0 aromatic carbocycles. The summed E-state index contributed by atoms with van der Waals surface area (Å²) in [6.45, 7) is -0.886. The number of nitrogens with zero attached hydrogens (tertiary/aromatic N) is 2. The summed E-state index contributed by atoms with van der Waals surface area (Å²) in [7, 11) is 0. The zero-order chi connectivity index (χ0) is 12.2. The van der Waals surface area contributed by atoms with Crippen molar-refractivity contribution in [1.29, 1.82) is 5.26 Å². The van der Waals surface area contributed by atoms with E-state index >= 15 is 0 Å². The minimum atomic E-state index is -4.39. The molecule has 0 aromatic heterocycles. The van der Waals surface area contributed by atoms with Crippen LogP contribution in [0.1, 0.15) is 12.8 Å².